The Balaban J connectivity index is 1.29. The van der Waals surface area contributed by atoms with E-state index in [0.29, 0.717) is 18.0 Å². The Morgan fingerprint density at radius 1 is 1.19 bits per heavy atom. The van der Waals surface area contributed by atoms with Crippen molar-refractivity contribution in [2.45, 2.75) is 18.8 Å². The molecule has 1 aliphatic heterocycles. The van der Waals surface area contributed by atoms with Crippen LogP contribution in [0, 0.1) is 11.3 Å². The SMILES string of the molecule is N#Cc1ccc(NC(=O)C[NH+]2CCC(c3nc4ccccc4s3)CC2)cc1. The number of nitriles is 1. The molecule has 27 heavy (non-hydrogen) atoms. The summed E-state index contributed by atoms with van der Waals surface area (Å²) in [5.74, 6) is 0.529. The predicted octanol–water partition coefficient (Wildman–Crippen LogP) is 2.57. The smallest absolute Gasteiger partial charge is 0.279 e. The number of carbonyl (C=O) groups excluding carboxylic acids is 1. The van der Waals surface area contributed by atoms with Gasteiger partial charge < -0.3 is 10.2 Å². The molecule has 5 nitrogen and oxygen atoms in total. The van der Waals surface area contributed by atoms with E-state index >= 15 is 0 Å². The normalized spacial score (nSPS) is 19.5. The summed E-state index contributed by atoms with van der Waals surface area (Å²) in [6.07, 6.45) is 2.14. The van der Waals surface area contributed by atoms with E-state index in [1.807, 2.05) is 6.07 Å². The third kappa shape index (κ3) is 4.16. The van der Waals surface area contributed by atoms with Crippen molar-refractivity contribution in [3.05, 3.63) is 59.1 Å². The summed E-state index contributed by atoms with van der Waals surface area (Å²) in [6, 6.07) is 17.3. The second-order valence-electron chi connectivity index (χ2n) is 6.96. The number of amides is 1. The number of hydrogen-bond donors (Lipinski definition) is 2. The summed E-state index contributed by atoms with van der Waals surface area (Å²) in [6.45, 7) is 2.45. The summed E-state index contributed by atoms with van der Waals surface area (Å²) >= 11 is 1.80. The van der Waals surface area contributed by atoms with Crippen LogP contribution >= 0.6 is 11.3 Å². The molecule has 1 amide bonds. The predicted molar refractivity (Wildman–Crippen MR) is 107 cm³/mol. The van der Waals surface area contributed by atoms with Gasteiger partial charge in [0.25, 0.3) is 5.91 Å². The number of piperidine rings is 1. The first kappa shape index (κ1) is 17.7. The maximum Gasteiger partial charge on any atom is 0.279 e. The van der Waals surface area contributed by atoms with Crippen LogP contribution < -0.4 is 10.2 Å². The fourth-order valence-corrected chi connectivity index (χ4v) is 4.71. The molecular formula is C21H21N4OS+. The molecule has 6 heteroatoms. The third-order valence-electron chi connectivity index (χ3n) is 5.06. The van der Waals surface area contributed by atoms with Gasteiger partial charge >= 0.3 is 0 Å². The number of likely N-dealkylation sites (tertiary alicyclic amines) is 1. The van der Waals surface area contributed by atoms with Gasteiger partial charge in [-0.15, -0.1) is 11.3 Å². The number of rotatable bonds is 4. The molecule has 0 saturated carbocycles. The van der Waals surface area contributed by atoms with Crippen molar-refractivity contribution in [2.24, 2.45) is 0 Å². The Morgan fingerprint density at radius 2 is 1.93 bits per heavy atom. The number of para-hydroxylation sites is 1. The summed E-state index contributed by atoms with van der Waals surface area (Å²) < 4.78 is 1.25. The number of benzene rings is 2. The zero-order valence-corrected chi connectivity index (χ0v) is 15.8. The van der Waals surface area contributed by atoms with E-state index in [4.69, 9.17) is 10.2 Å². The van der Waals surface area contributed by atoms with Gasteiger partial charge in [0, 0.05) is 24.4 Å². The van der Waals surface area contributed by atoms with E-state index < -0.39 is 0 Å². The lowest BCUT2D eigenvalue weighted by Crippen LogP contribution is -3.14. The fourth-order valence-electron chi connectivity index (χ4n) is 3.57. The van der Waals surface area contributed by atoms with Crippen LogP contribution in [-0.4, -0.2) is 30.5 Å². The minimum Gasteiger partial charge on any atom is -0.327 e. The number of thiazole rings is 1. The van der Waals surface area contributed by atoms with Crippen LogP contribution in [0.4, 0.5) is 5.69 Å². The Labute approximate surface area is 162 Å². The minimum atomic E-state index is 0.0214. The number of anilines is 1. The first-order valence-electron chi connectivity index (χ1n) is 9.20. The van der Waals surface area contributed by atoms with Gasteiger partial charge in [-0.05, 0) is 36.4 Å². The highest BCUT2D eigenvalue weighted by Crippen LogP contribution is 2.31. The van der Waals surface area contributed by atoms with Gasteiger partial charge in [-0.25, -0.2) is 4.98 Å². The van der Waals surface area contributed by atoms with Gasteiger partial charge in [0.05, 0.1) is 39.9 Å². The Hall–Kier alpha value is -2.75. The van der Waals surface area contributed by atoms with Crippen LogP contribution in [-0.2, 0) is 4.79 Å². The van der Waals surface area contributed by atoms with E-state index in [2.05, 4.69) is 29.6 Å². The molecular weight excluding hydrogens is 356 g/mol. The van der Waals surface area contributed by atoms with Crippen LogP contribution in [0.2, 0.25) is 0 Å². The molecule has 136 valence electrons. The molecule has 3 aromatic rings. The second kappa shape index (κ2) is 7.87. The number of nitrogens with zero attached hydrogens (tertiary/aromatic N) is 2. The highest BCUT2D eigenvalue weighted by Gasteiger charge is 2.27. The van der Waals surface area contributed by atoms with Gasteiger partial charge in [0.2, 0.25) is 0 Å². The molecule has 1 aliphatic rings. The van der Waals surface area contributed by atoms with Gasteiger partial charge in [-0.2, -0.15) is 5.26 Å². The number of aromatic nitrogens is 1. The number of carbonyl (C=O) groups is 1. The fraction of sp³-hybridized carbons (Fsp3) is 0.286. The van der Waals surface area contributed by atoms with E-state index in [9.17, 15) is 4.79 Å². The molecule has 4 rings (SSSR count). The van der Waals surface area contributed by atoms with Crippen molar-refractivity contribution < 1.29 is 9.69 Å². The third-order valence-corrected chi connectivity index (χ3v) is 6.26. The van der Waals surface area contributed by atoms with E-state index in [1.165, 1.54) is 14.6 Å². The van der Waals surface area contributed by atoms with Gasteiger partial charge in [0.15, 0.2) is 6.54 Å². The summed E-state index contributed by atoms with van der Waals surface area (Å²) in [5, 5.41) is 13.0. The second-order valence-corrected chi connectivity index (χ2v) is 8.02. The number of quaternary nitrogens is 1. The highest BCUT2D eigenvalue weighted by molar-refractivity contribution is 7.18. The molecule has 0 radical (unpaired) electrons. The van der Waals surface area contributed by atoms with Gasteiger partial charge in [0.1, 0.15) is 0 Å². The molecule has 0 spiro atoms. The zero-order valence-electron chi connectivity index (χ0n) is 14.9. The van der Waals surface area contributed by atoms with E-state index in [0.717, 1.165) is 37.1 Å². The van der Waals surface area contributed by atoms with Crippen molar-refractivity contribution in [2.75, 3.05) is 25.0 Å². The summed E-state index contributed by atoms with van der Waals surface area (Å²) in [4.78, 5) is 18.4. The molecule has 2 heterocycles. The highest BCUT2D eigenvalue weighted by atomic mass is 32.1. The molecule has 2 N–H and O–H groups in total. The molecule has 1 saturated heterocycles. The lowest BCUT2D eigenvalue weighted by Gasteiger charge is -2.27. The molecule has 0 aliphatic carbocycles. The lowest BCUT2D eigenvalue weighted by atomic mass is 9.97. The van der Waals surface area contributed by atoms with E-state index in [-0.39, 0.29) is 5.91 Å². The minimum absolute atomic E-state index is 0.0214. The largest absolute Gasteiger partial charge is 0.327 e. The molecule has 1 aromatic heterocycles. The lowest BCUT2D eigenvalue weighted by molar-refractivity contribution is -0.897. The number of fused-ring (bicyclic) bond motifs is 1. The van der Waals surface area contributed by atoms with Crippen molar-refractivity contribution in [3.8, 4) is 6.07 Å². The standard InChI is InChI=1S/C21H20N4OS/c22-13-15-5-7-17(8-6-15)23-20(26)14-25-11-9-16(10-12-25)21-24-18-3-1-2-4-19(18)27-21/h1-8,16H,9-12,14H2,(H,23,26)/p+1. The van der Waals surface area contributed by atoms with Crippen LogP contribution in [0.5, 0.6) is 0 Å². The zero-order chi connectivity index (χ0) is 18.6. The molecule has 1 fully saturated rings. The first-order chi connectivity index (χ1) is 13.2. The maximum absolute atomic E-state index is 12.3. The summed E-state index contributed by atoms with van der Waals surface area (Å²) in [5.41, 5.74) is 2.42. The average Bonchev–Trinajstić information content (AvgIpc) is 3.13. The summed E-state index contributed by atoms with van der Waals surface area (Å²) in [7, 11) is 0. The van der Waals surface area contributed by atoms with E-state index in [1.54, 1.807) is 35.6 Å². The average molecular weight is 377 g/mol. The van der Waals surface area contributed by atoms with Crippen LogP contribution in [0.3, 0.4) is 0 Å². The number of hydrogen-bond acceptors (Lipinski definition) is 4. The van der Waals surface area contributed by atoms with Crippen molar-refractivity contribution >= 4 is 33.1 Å². The van der Waals surface area contributed by atoms with Gasteiger partial charge in [-0.3, -0.25) is 4.79 Å². The van der Waals surface area contributed by atoms with Crippen LogP contribution in [0.15, 0.2) is 48.5 Å². The van der Waals surface area contributed by atoms with Crippen molar-refractivity contribution in [3.63, 3.8) is 0 Å². The first-order valence-corrected chi connectivity index (χ1v) is 10.0. The van der Waals surface area contributed by atoms with Gasteiger partial charge in [-0.1, -0.05) is 12.1 Å². The molecule has 0 bridgehead atoms. The van der Waals surface area contributed by atoms with Crippen molar-refractivity contribution in [1.82, 2.24) is 4.98 Å². The Bertz CT molecular complexity index is 948. The monoisotopic (exact) mass is 377 g/mol. The number of nitrogens with one attached hydrogen (secondary N) is 2. The maximum atomic E-state index is 12.3. The topological polar surface area (TPSA) is 70.2 Å². The quantitative estimate of drug-likeness (QED) is 0.734. The Morgan fingerprint density at radius 3 is 2.63 bits per heavy atom. The molecule has 0 atom stereocenters. The van der Waals surface area contributed by atoms with Crippen LogP contribution in [0.1, 0.15) is 29.3 Å². The molecule has 0 unspecified atom stereocenters. The molecule has 2 aromatic carbocycles. The van der Waals surface area contributed by atoms with Crippen molar-refractivity contribution in [1.29, 1.82) is 5.26 Å². The van der Waals surface area contributed by atoms with Crippen LogP contribution in [0.25, 0.3) is 10.2 Å². The Kier molecular flexibility index (Phi) is 5.14.